The molecule has 1 atom stereocenters. The molecule has 0 bridgehead atoms. The summed E-state index contributed by atoms with van der Waals surface area (Å²) in [5.41, 5.74) is 0.683. The van der Waals surface area contributed by atoms with Crippen LogP contribution in [0.1, 0.15) is 46.0 Å². The Morgan fingerprint density at radius 1 is 1.26 bits per heavy atom. The summed E-state index contributed by atoms with van der Waals surface area (Å²) < 4.78 is 5.53. The van der Waals surface area contributed by atoms with Crippen LogP contribution in [0.25, 0.3) is 0 Å². The summed E-state index contributed by atoms with van der Waals surface area (Å²) >= 11 is 0. The number of carbonyl (C=O) groups excluding carboxylic acids is 2. The Bertz CT molecular complexity index is 631. The fourth-order valence-corrected chi connectivity index (χ4v) is 3.37. The van der Waals surface area contributed by atoms with Gasteiger partial charge in [0.1, 0.15) is 5.75 Å². The zero-order valence-corrected chi connectivity index (χ0v) is 17.0. The molecular formula is C21H33N3O3. The first-order valence-corrected chi connectivity index (χ1v) is 9.87. The molecule has 1 N–H and O–H groups in total. The second kappa shape index (κ2) is 10.2. The lowest BCUT2D eigenvalue weighted by Gasteiger charge is -2.31. The summed E-state index contributed by atoms with van der Waals surface area (Å²) in [5.74, 6) is 1.03. The Kier molecular flexibility index (Phi) is 7.95. The van der Waals surface area contributed by atoms with E-state index in [1.54, 1.807) is 26.2 Å². The molecular weight excluding hydrogens is 342 g/mol. The predicted octanol–water partition coefficient (Wildman–Crippen LogP) is 3.98. The van der Waals surface area contributed by atoms with E-state index in [1.807, 2.05) is 17.0 Å². The molecule has 0 aromatic heterocycles. The number of rotatable bonds is 6. The molecule has 0 aliphatic carbocycles. The Labute approximate surface area is 162 Å². The van der Waals surface area contributed by atoms with Gasteiger partial charge in [-0.25, -0.2) is 4.79 Å². The molecule has 6 heteroatoms. The largest absolute Gasteiger partial charge is 0.484 e. The number of nitrogens with one attached hydrogen (secondary N) is 1. The third-order valence-electron chi connectivity index (χ3n) is 4.83. The molecule has 1 unspecified atom stereocenters. The van der Waals surface area contributed by atoms with E-state index in [-0.39, 0.29) is 18.5 Å². The molecule has 1 aromatic carbocycles. The SMILES string of the molecule is CC(C)CC1CCCCCN1C(=O)Nc1cccc(OCC(=O)N(C)C)c1. The van der Waals surface area contributed by atoms with Gasteiger partial charge < -0.3 is 19.9 Å². The van der Waals surface area contributed by atoms with Crippen molar-refractivity contribution in [1.82, 2.24) is 9.80 Å². The predicted molar refractivity (Wildman–Crippen MR) is 108 cm³/mol. The van der Waals surface area contributed by atoms with Crippen molar-refractivity contribution in [2.24, 2.45) is 5.92 Å². The summed E-state index contributed by atoms with van der Waals surface area (Å²) in [6.45, 7) is 5.19. The first-order chi connectivity index (χ1) is 12.9. The molecule has 6 nitrogen and oxygen atoms in total. The first-order valence-electron chi connectivity index (χ1n) is 9.87. The number of ether oxygens (including phenoxy) is 1. The van der Waals surface area contributed by atoms with Gasteiger partial charge in [-0.05, 0) is 37.3 Å². The maximum atomic E-state index is 12.9. The van der Waals surface area contributed by atoms with Crippen LogP contribution in [-0.2, 0) is 4.79 Å². The summed E-state index contributed by atoms with van der Waals surface area (Å²) in [6, 6.07) is 7.45. The molecule has 0 spiro atoms. The van der Waals surface area contributed by atoms with E-state index >= 15 is 0 Å². The van der Waals surface area contributed by atoms with Gasteiger partial charge in [0.25, 0.3) is 5.91 Å². The van der Waals surface area contributed by atoms with Crippen molar-refractivity contribution < 1.29 is 14.3 Å². The minimum absolute atomic E-state index is 0.0208. The number of hydrogen-bond donors (Lipinski definition) is 1. The average molecular weight is 376 g/mol. The molecule has 0 saturated carbocycles. The van der Waals surface area contributed by atoms with Crippen LogP contribution >= 0.6 is 0 Å². The van der Waals surface area contributed by atoms with Crippen LogP contribution in [0.2, 0.25) is 0 Å². The molecule has 0 radical (unpaired) electrons. The van der Waals surface area contributed by atoms with Crippen LogP contribution in [-0.4, -0.2) is 55.0 Å². The van der Waals surface area contributed by atoms with Gasteiger partial charge >= 0.3 is 6.03 Å². The summed E-state index contributed by atoms with van der Waals surface area (Å²) in [4.78, 5) is 28.0. The monoisotopic (exact) mass is 375 g/mol. The average Bonchev–Trinajstić information content (AvgIpc) is 2.84. The van der Waals surface area contributed by atoms with Crippen LogP contribution < -0.4 is 10.1 Å². The molecule has 2 rings (SSSR count). The molecule has 1 aliphatic heterocycles. The van der Waals surface area contributed by atoms with Gasteiger partial charge in [-0.2, -0.15) is 0 Å². The van der Waals surface area contributed by atoms with Crippen molar-refractivity contribution in [3.63, 3.8) is 0 Å². The smallest absolute Gasteiger partial charge is 0.322 e. The zero-order valence-electron chi connectivity index (χ0n) is 17.0. The second-order valence-corrected chi connectivity index (χ2v) is 7.86. The van der Waals surface area contributed by atoms with E-state index in [9.17, 15) is 9.59 Å². The van der Waals surface area contributed by atoms with E-state index in [2.05, 4.69) is 19.2 Å². The standard InChI is InChI=1S/C21H33N3O3/c1-16(2)13-18-10-6-5-7-12-24(18)21(26)22-17-9-8-11-19(14-17)27-15-20(25)23(3)4/h8-9,11,14,16,18H,5-7,10,12-13,15H2,1-4H3,(H,22,26). The van der Waals surface area contributed by atoms with Gasteiger partial charge in [-0.15, -0.1) is 0 Å². The Balaban J connectivity index is 2.00. The number of benzene rings is 1. The van der Waals surface area contributed by atoms with E-state index in [4.69, 9.17) is 4.74 Å². The van der Waals surface area contributed by atoms with Crippen LogP contribution in [0.15, 0.2) is 24.3 Å². The number of likely N-dealkylation sites (tertiary alicyclic amines) is 1. The van der Waals surface area contributed by atoms with Crippen molar-refractivity contribution in [3.8, 4) is 5.75 Å². The molecule has 3 amide bonds. The molecule has 1 heterocycles. The Morgan fingerprint density at radius 3 is 2.74 bits per heavy atom. The first kappa shape index (κ1) is 21.1. The lowest BCUT2D eigenvalue weighted by Crippen LogP contribution is -2.43. The lowest BCUT2D eigenvalue weighted by atomic mass is 9.99. The van der Waals surface area contributed by atoms with E-state index in [0.29, 0.717) is 23.4 Å². The highest BCUT2D eigenvalue weighted by atomic mass is 16.5. The minimum atomic E-state index is -0.106. The highest BCUT2D eigenvalue weighted by Gasteiger charge is 2.26. The normalized spacial score (nSPS) is 17.4. The fourth-order valence-electron chi connectivity index (χ4n) is 3.37. The third kappa shape index (κ3) is 6.77. The quantitative estimate of drug-likeness (QED) is 0.818. The number of hydrogen-bond acceptors (Lipinski definition) is 3. The van der Waals surface area contributed by atoms with E-state index < -0.39 is 0 Å². The van der Waals surface area contributed by atoms with Gasteiger partial charge in [0.05, 0.1) is 0 Å². The van der Waals surface area contributed by atoms with Gasteiger partial charge in [0.15, 0.2) is 6.61 Å². The van der Waals surface area contributed by atoms with Gasteiger partial charge in [-0.1, -0.05) is 32.8 Å². The van der Waals surface area contributed by atoms with Crippen LogP contribution in [0.3, 0.4) is 0 Å². The Hall–Kier alpha value is -2.24. The molecule has 27 heavy (non-hydrogen) atoms. The summed E-state index contributed by atoms with van der Waals surface area (Å²) in [6.07, 6.45) is 5.52. The van der Waals surface area contributed by atoms with E-state index in [0.717, 1.165) is 25.8 Å². The van der Waals surface area contributed by atoms with Gasteiger partial charge in [0, 0.05) is 38.4 Å². The topological polar surface area (TPSA) is 61.9 Å². The number of nitrogens with zero attached hydrogens (tertiary/aromatic N) is 2. The van der Waals surface area contributed by atoms with E-state index in [1.165, 1.54) is 17.7 Å². The van der Waals surface area contributed by atoms with Crippen molar-refractivity contribution >= 4 is 17.6 Å². The summed E-state index contributed by atoms with van der Waals surface area (Å²) in [7, 11) is 3.38. The van der Waals surface area contributed by atoms with Crippen molar-refractivity contribution in [1.29, 1.82) is 0 Å². The number of likely N-dealkylation sites (N-methyl/N-ethyl adjacent to an activating group) is 1. The third-order valence-corrected chi connectivity index (χ3v) is 4.83. The molecule has 1 fully saturated rings. The lowest BCUT2D eigenvalue weighted by molar-refractivity contribution is -0.130. The minimum Gasteiger partial charge on any atom is -0.484 e. The van der Waals surface area contributed by atoms with Crippen LogP contribution in [0.5, 0.6) is 5.75 Å². The van der Waals surface area contributed by atoms with Crippen molar-refractivity contribution in [2.75, 3.05) is 32.6 Å². The molecule has 1 aromatic rings. The maximum absolute atomic E-state index is 12.9. The fraction of sp³-hybridized carbons (Fsp3) is 0.619. The zero-order chi connectivity index (χ0) is 19.8. The summed E-state index contributed by atoms with van der Waals surface area (Å²) in [5, 5.41) is 3.01. The number of amides is 3. The Morgan fingerprint density at radius 2 is 2.04 bits per heavy atom. The van der Waals surface area contributed by atoms with Gasteiger partial charge in [0.2, 0.25) is 0 Å². The number of urea groups is 1. The molecule has 1 saturated heterocycles. The number of carbonyl (C=O) groups is 2. The van der Waals surface area contributed by atoms with Crippen molar-refractivity contribution in [3.05, 3.63) is 24.3 Å². The van der Waals surface area contributed by atoms with Gasteiger partial charge in [-0.3, -0.25) is 4.79 Å². The number of anilines is 1. The highest BCUT2D eigenvalue weighted by Crippen LogP contribution is 2.24. The molecule has 1 aliphatic rings. The second-order valence-electron chi connectivity index (χ2n) is 7.86. The van der Waals surface area contributed by atoms with Crippen LogP contribution in [0.4, 0.5) is 10.5 Å². The van der Waals surface area contributed by atoms with Crippen molar-refractivity contribution in [2.45, 2.75) is 52.0 Å². The molecule has 150 valence electrons. The maximum Gasteiger partial charge on any atom is 0.322 e. The van der Waals surface area contributed by atoms with Crippen LogP contribution in [0, 0.1) is 5.92 Å². The highest BCUT2D eigenvalue weighted by molar-refractivity contribution is 5.89.